The van der Waals surface area contributed by atoms with Gasteiger partial charge in [0.15, 0.2) is 6.23 Å². The summed E-state index contributed by atoms with van der Waals surface area (Å²) in [5.41, 5.74) is 0. The Morgan fingerprint density at radius 2 is 2.50 bits per heavy atom. The molecule has 0 aromatic heterocycles. The Bertz CT molecular complexity index is 160. The molecule has 1 aliphatic heterocycles. The van der Waals surface area contributed by atoms with Gasteiger partial charge >= 0.3 is 0 Å². The molecule has 1 rings (SSSR count). The van der Waals surface area contributed by atoms with Crippen molar-refractivity contribution in [3.63, 3.8) is 0 Å². The van der Waals surface area contributed by atoms with Crippen molar-refractivity contribution in [1.82, 2.24) is 4.90 Å². The molecule has 0 aliphatic carbocycles. The molecule has 0 spiro atoms. The predicted octanol–water partition coefficient (Wildman–Crippen LogP) is -0.0363. The van der Waals surface area contributed by atoms with E-state index in [1.165, 1.54) is 0 Å². The first-order chi connectivity index (χ1) is 5.79. The average Bonchev–Trinajstić information content (AvgIpc) is 2.16. The molecule has 12 heavy (non-hydrogen) atoms. The van der Waals surface area contributed by atoms with Crippen molar-refractivity contribution >= 4 is 5.91 Å². The highest BCUT2D eigenvalue weighted by molar-refractivity contribution is 5.76. The maximum atomic E-state index is 11.3. The summed E-state index contributed by atoms with van der Waals surface area (Å²) in [6, 6.07) is 0. The summed E-state index contributed by atoms with van der Waals surface area (Å²) in [6.45, 7) is 3.05. The zero-order valence-corrected chi connectivity index (χ0v) is 7.32. The SMILES string of the molecule is CCC(=O)N1CCCO[C@H]1CO. The van der Waals surface area contributed by atoms with Crippen LogP contribution in [0.15, 0.2) is 0 Å². The zero-order valence-electron chi connectivity index (χ0n) is 7.32. The number of aliphatic hydroxyl groups excluding tert-OH is 1. The van der Waals surface area contributed by atoms with E-state index in [4.69, 9.17) is 9.84 Å². The lowest BCUT2D eigenvalue weighted by Gasteiger charge is -2.34. The molecule has 1 fully saturated rings. The third-order valence-electron chi connectivity index (χ3n) is 1.98. The van der Waals surface area contributed by atoms with E-state index in [2.05, 4.69) is 0 Å². The molecule has 4 heteroatoms. The van der Waals surface area contributed by atoms with Crippen LogP contribution in [-0.4, -0.2) is 41.9 Å². The third-order valence-corrected chi connectivity index (χ3v) is 1.98. The van der Waals surface area contributed by atoms with Crippen LogP contribution in [0.3, 0.4) is 0 Å². The van der Waals surface area contributed by atoms with Crippen molar-refractivity contribution in [3.05, 3.63) is 0 Å². The van der Waals surface area contributed by atoms with Crippen LogP contribution >= 0.6 is 0 Å². The molecular formula is C8H15NO3. The molecule has 0 aromatic carbocycles. The van der Waals surface area contributed by atoms with Crippen LogP contribution in [0.2, 0.25) is 0 Å². The normalized spacial score (nSPS) is 24.2. The van der Waals surface area contributed by atoms with Gasteiger partial charge in [-0.25, -0.2) is 0 Å². The standard InChI is InChI=1S/C8H15NO3/c1-2-7(11)9-4-3-5-12-8(9)6-10/h8,10H,2-6H2,1H3/t8-/m0/s1. The number of hydrogen-bond donors (Lipinski definition) is 1. The van der Waals surface area contributed by atoms with Crippen molar-refractivity contribution < 1.29 is 14.6 Å². The summed E-state index contributed by atoms with van der Waals surface area (Å²) in [6.07, 6.45) is 0.924. The Morgan fingerprint density at radius 3 is 3.08 bits per heavy atom. The van der Waals surface area contributed by atoms with E-state index in [0.717, 1.165) is 6.42 Å². The van der Waals surface area contributed by atoms with Gasteiger partial charge in [-0.15, -0.1) is 0 Å². The summed E-state index contributed by atoms with van der Waals surface area (Å²) in [7, 11) is 0. The minimum Gasteiger partial charge on any atom is -0.392 e. The van der Waals surface area contributed by atoms with Crippen LogP contribution in [0.25, 0.3) is 0 Å². The molecule has 70 valence electrons. The van der Waals surface area contributed by atoms with Gasteiger partial charge in [-0.3, -0.25) is 4.79 Å². The molecule has 1 saturated heterocycles. The molecular weight excluding hydrogens is 158 g/mol. The fraction of sp³-hybridized carbons (Fsp3) is 0.875. The Kier molecular flexibility index (Phi) is 3.49. The van der Waals surface area contributed by atoms with Crippen molar-refractivity contribution in [3.8, 4) is 0 Å². The highest BCUT2D eigenvalue weighted by Crippen LogP contribution is 2.10. The molecule has 1 aliphatic rings. The lowest BCUT2D eigenvalue weighted by atomic mass is 10.3. The van der Waals surface area contributed by atoms with Crippen LogP contribution in [0.4, 0.5) is 0 Å². The fourth-order valence-corrected chi connectivity index (χ4v) is 1.33. The summed E-state index contributed by atoms with van der Waals surface area (Å²) < 4.78 is 5.22. The number of aliphatic hydroxyl groups is 1. The van der Waals surface area contributed by atoms with Crippen LogP contribution in [-0.2, 0) is 9.53 Å². The third kappa shape index (κ3) is 1.95. The van der Waals surface area contributed by atoms with Crippen molar-refractivity contribution in [2.75, 3.05) is 19.8 Å². The highest BCUT2D eigenvalue weighted by Gasteiger charge is 2.25. The van der Waals surface area contributed by atoms with Gasteiger partial charge in [-0.1, -0.05) is 6.92 Å². The maximum Gasteiger partial charge on any atom is 0.224 e. The number of carbonyl (C=O) groups is 1. The van der Waals surface area contributed by atoms with Gasteiger partial charge < -0.3 is 14.7 Å². The minimum absolute atomic E-state index is 0.0498. The molecule has 1 atom stereocenters. The van der Waals surface area contributed by atoms with Gasteiger partial charge in [-0.2, -0.15) is 0 Å². The van der Waals surface area contributed by atoms with Crippen molar-refractivity contribution in [2.45, 2.75) is 26.0 Å². The van der Waals surface area contributed by atoms with Gasteiger partial charge in [0, 0.05) is 13.0 Å². The number of amides is 1. The highest BCUT2D eigenvalue weighted by atomic mass is 16.5. The van der Waals surface area contributed by atoms with Crippen molar-refractivity contribution in [1.29, 1.82) is 0 Å². The first-order valence-electron chi connectivity index (χ1n) is 4.31. The molecule has 0 aromatic rings. The number of nitrogens with zero attached hydrogens (tertiary/aromatic N) is 1. The second kappa shape index (κ2) is 4.42. The van der Waals surface area contributed by atoms with E-state index in [9.17, 15) is 4.79 Å². The lowest BCUT2D eigenvalue weighted by molar-refractivity contribution is -0.160. The van der Waals surface area contributed by atoms with Gasteiger partial charge in [0.05, 0.1) is 13.2 Å². The Hall–Kier alpha value is -0.610. The predicted molar refractivity (Wildman–Crippen MR) is 43.4 cm³/mol. The van der Waals surface area contributed by atoms with Crippen LogP contribution in [0.5, 0.6) is 0 Å². The number of carbonyl (C=O) groups excluding carboxylic acids is 1. The smallest absolute Gasteiger partial charge is 0.224 e. The maximum absolute atomic E-state index is 11.3. The molecule has 0 bridgehead atoms. The zero-order chi connectivity index (χ0) is 8.97. The van der Waals surface area contributed by atoms with E-state index in [1.807, 2.05) is 6.92 Å². The first-order valence-corrected chi connectivity index (χ1v) is 4.31. The Morgan fingerprint density at radius 1 is 1.75 bits per heavy atom. The number of hydrogen-bond acceptors (Lipinski definition) is 3. The van der Waals surface area contributed by atoms with Crippen LogP contribution < -0.4 is 0 Å². The topological polar surface area (TPSA) is 49.8 Å². The summed E-state index contributed by atoms with van der Waals surface area (Å²) in [4.78, 5) is 12.9. The van der Waals surface area contributed by atoms with E-state index in [0.29, 0.717) is 19.6 Å². The Balaban J connectivity index is 2.52. The van der Waals surface area contributed by atoms with Gasteiger partial charge in [0.25, 0.3) is 0 Å². The monoisotopic (exact) mass is 173 g/mol. The number of rotatable bonds is 2. The average molecular weight is 173 g/mol. The summed E-state index contributed by atoms with van der Waals surface area (Å²) in [5, 5.41) is 8.89. The van der Waals surface area contributed by atoms with E-state index < -0.39 is 6.23 Å². The fourth-order valence-electron chi connectivity index (χ4n) is 1.33. The minimum atomic E-state index is -0.411. The van der Waals surface area contributed by atoms with Gasteiger partial charge in [-0.05, 0) is 6.42 Å². The molecule has 1 heterocycles. The van der Waals surface area contributed by atoms with Gasteiger partial charge in [0.1, 0.15) is 0 Å². The second-order valence-electron chi connectivity index (χ2n) is 2.80. The second-order valence-corrected chi connectivity index (χ2v) is 2.80. The molecule has 4 nitrogen and oxygen atoms in total. The lowest BCUT2D eigenvalue weighted by Crippen LogP contribution is -2.48. The van der Waals surface area contributed by atoms with E-state index in [1.54, 1.807) is 4.90 Å². The van der Waals surface area contributed by atoms with Crippen LogP contribution in [0.1, 0.15) is 19.8 Å². The molecule has 1 amide bonds. The molecule has 0 saturated carbocycles. The number of ether oxygens (including phenoxy) is 1. The molecule has 0 radical (unpaired) electrons. The van der Waals surface area contributed by atoms with Crippen molar-refractivity contribution in [2.24, 2.45) is 0 Å². The summed E-state index contributed by atoms with van der Waals surface area (Å²) >= 11 is 0. The van der Waals surface area contributed by atoms with Gasteiger partial charge in [0.2, 0.25) is 5.91 Å². The molecule has 0 unspecified atom stereocenters. The summed E-state index contributed by atoms with van der Waals surface area (Å²) in [5.74, 6) is 0.0498. The molecule has 1 N–H and O–H groups in total. The van der Waals surface area contributed by atoms with E-state index >= 15 is 0 Å². The first kappa shape index (κ1) is 9.48. The quantitative estimate of drug-likeness (QED) is 0.637. The Labute approximate surface area is 72.1 Å². The van der Waals surface area contributed by atoms with E-state index in [-0.39, 0.29) is 12.5 Å². The largest absolute Gasteiger partial charge is 0.392 e. The van der Waals surface area contributed by atoms with Crippen LogP contribution in [0, 0.1) is 0 Å².